The third-order valence-corrected chi connectivity index (χ3v) is 1.52. The van der Waals surface area contributed by atoms with Gasteiger partial charge in [-0.25, -0.2) is 4.79 Å². The molecule has 0 saturated heterocycles. The van der Waals surface area contributed by atoms with Crippen molar-refractivity contribution in [2.45, 2.75) is 19.9 Å². The summed E-state index contributed by atoms with van der Waals surface area (Å²) in [6, 6.07) is -0.0154. The molecule has 0 atom stereocenters. The lowest BCUT2D eigenvalue weighted by Crippen LogP contribution is -2.39. The van der Waals surface area contributed by atoms with Gasteiger partial charge in [0.05, 0.1) is 13.2 Å². The van der Waals surface area contributed by atoms with E-state index >= 15 is 0 Å². The van der Waals surface area contributed by atoms with Crippen molar-refractivity contribution in [2.24, 2.45) is 0 Å². The van der Waals surface area contributed by atoms with Crippen LogP contribution in [-0.4, -0.2) is 53.6 Å². The number of hydrogen-bond acceptors (Lipinski definition) is 4. The molecular weight excluding hydrogens is 174 g/mol. The molecule has 0 aliphatic heterocycles. The van der Waals surface area contributed by atoms with Crippen LogP contribution in [0.4, 0.5) is 4.79 Å². The number of rotatable bonds is 5. The molecule has 1 amide bonds. The van der Waals surface area contributed by atoms with Crippen LogP contribution >= 0.6 is 0 Å². The Morgan fingerprint density at radius 1 is 1.38 bits per heavy atom. The molecule has 0 aromatic heterocycles. The van der Waals surface area contributed by atoms with E-state index in [0.717, 1.165) is 0 Å². The maximum Gasteiger partial charge on any atom is 0.410 e. The Morgan fingerprint density at radius 2 is 2.00 bits per heavy atom. The van der Waals surface area contributed by atoms with Crippen molar-refractivity contribution in [3.05, 3.63) is 0 Å². The van der Waals surface area contributed by atoms with E-state index in [1.54, 1.807) is 0 Å². The number of carbonyl (C=O) groups excluding carboxylic acids is 1. The van der Waals surface area contributed by atoms with E-state index in [9.17, 15) is 4.79 Å². The van der Waals surface area contributed by atoms with Gasteiger partial charge in [-0.2, -0.15) is 0 Å². The van der Waals surface area contributed by atoms with E-state index in [4.69, 9.17) is 14.9 Å². The molecule has 0 aromatic rings. The smallest absolute Gasteiger partial charge is 0.410 e. The minimum Gasteiger partial charge on any atom is -0.447 e. The zero-order valence-electron chi connectivity index (χ0n) is 8.06. The molecule has 0 aromatic carbocycles. The van der Waals surface area contributed by atoms with Gasteiger partial charge in [-0.1, -0.05) is 0 Å². The molecule has 0 aliphatic carbocycles. The average Bonchev–Trinajstić information content (AvgIpc) is 2.09. The zero-order chi connectivity index (χ0) is 10.3. The van der Waals surface area contributed by atoms with Gasteiger partial charge >= 0.3 is 6.09 Å². The summed E-state index contributed by atoms with van der Waals surface area (Å²) in [6.07, 6.45) is -0.502. The Hall–Kier alpha value is -0.810. The summed E-state index contributed by atoms with van der Waals surface area (Å²) in [7, 11) is 0. The minimum atomic E-state index is -0.502. The lowest BCUT2D eigenvalue weighted by molar-refractivity contribution is 0.0689. The van der Waals surface area contributed by atoms with Gasteiger partial charge in [-0.3, -0.25) is 0 Å². The van der Waals surface area contributed by atoms with Crippen molar-refractivity contribution in [3.63, 3.8) is 0 Å². The zero-order valence-corrected chi connectivity index (χ0v) is 8.06. The Labute approximate surface area is 77.9 Å². The molecule has 2 N–H and O–H groups in total. The normalized spacial score (nSPS) is 10.2. The molecule has 0 fully saturated rings. The van der Waals surface area contributed by atoms with Gasteiger partial charge in [-0.05, 0) is 13.8 Å². The molecular formula is C8H17NO4. The molecule has 0 rings (SSSR count). The van der Waals surface area contributed by atoms with Crippen LogP contribution in [-0.2, 0) is 4.74 Å². The number of hydrogen-bond donors (Lipinski definition) is 2. The second-order valence-corrected chi connectivity index (χ2v) is 2.85. The van der Waals surface area contributed by atoms with Crippen molar-refractivity contribution in [1.29, 1.82) is 0 Å². The van der Waals surface area contributed by atoms with E-state index in [1.807, 2.05) is 13.8 Å². The molecule has 78 valence electrons. The Bertz CT molecular complexity index is 149. The first kappa shape index (κ1) is 12.2. The van der Waals surface area contributed by atoms with Crippen LogP contribution in [0, 0.1) is 0 Å². The topological polar surface area (TPSA) is 70.0 Å². The molecule has 0 spiro atoms. The van der Waals surface area contributed by atoms with Crippen LogP contribution in [0.25, 0.3) is 0 Å². The van der Waals surface area contributed by atoms with Gasteiger partial charge in [0.15, 0.2) is 0 Å². The predicted octanol–water partition coefficient (Wildman–Crippen LogP) is -0.182. The number of ether oxygens (including phenoxy) is 1. The summed E-state index contributed by atoms with van der Waals surface area (Å²) in [5.41, 5.74) is 0. The van der Waals surface area contributed by atoms with Gasteiger partial charge in [-0.15, -0.1) is 0 Å². The number of carbonyl (C=O) groups is 1. The first-order valence-electron chi connectivity index (χ1n) is 4.28. The maximum atomic E-state index is 11.2. The minimum absolute atomic E-state index is 0.00647. The summed E-state index contributed by atoms with van der Waals surface area (Å²) in [6.45, 7) is 3.63. The first-order valence-corrected chi connectivity index (χ1v) is 4.28. The molecule has 0 aliphatic rings. The molecule has 0 heterocycles. The number of nitrogens with zero attached hydrogens (tertiary/aromatic N) is 1. The molecule has 13 heavy (non-hydrogen) atoms. The fraction of sp³-hybridized carbons (Fsp3) is 0.875. The van der Waals surface area contributed by atoms with Crippen LogP contribution in [0.15, 0.2) is 0 Å². The van der Waals surface area contributed by atoms with E-state index in [0.29, 0.717) is 0 Å². The Balaban J connectivity index is 3.96. The number of aliphatic hydroxyl groups excluding tert-OH is 2. The van der Waals surface area contributed by atoms with Gasteiger partial charge in [0.2, 0.25) is 0 Å². The van der Waals surface area contributed by atoms with Crippen LogP contribution in [0.2, 0.25) is 0 Å². The van der Waals surface area contributed by atoms with Crippen molar-refractivity contribution in [3.8, 4) is 0 Å². The molecule has 0 radical (unpaired) electrons. The molecule has 0 bridgehead atoms. The highest BCUT2D eigenvalue weighted by Crippen LogP contribution is 2.00. The third kappa shape index (κ3) is 4.69. The first-order chi connectivity index (χ1) is 6.13. The quantitative estimate of drug-likeness (QED) is 0.632. The SMILES string of the molecule is CC(C)N(CCO)C(=O)OCCO. The summed E-state index contributed by atoms with van der Waals surface area (Å²) < 4.78 is 4.69. The van der Waals surface area contributed by atoms with Gasteiger partial charge in [0.1, 0.15) is 6.61 Å². The fourth-order valence-electron chi connectivity index (χ4n) is 0.884. The van der Waals surface area contributed by atoms with Crippen molar-refractivity contribution in [1.82, 2.24) is 4.90 Å². The van der Waals surface area contributed by atoms with Gasteiger partial charge < -0.3 is 19.8 Å². The third-order valence-electron chi connectivity index (χ3n) is 1.52. The molecule has 0 unspecified atom stereocenters. The fourth-order valence-corrected chi connectivity index (χ4v) is 0.884. The largest absolute Gasteiger partial charge is 0.447 e. The van der Waals surface area contributed by atoms with Crippen LogP contribution in [0.3, 0.4) is 0 Å². The second-order valence-electron chi connectivity index (χ2n) is 2.85. The average molecular weight is 191 g/mol. The summed E-state index contributed by atoms with van der Waals surface area (Å²) >= 11 is 0. The highest BCUT2D eigenvalue weighted by Gasteiger charge is 2.16. The second kappa shape index (κ2) is 6.68. The van der Waals surface area contributed by atoms with Crippen LogP contribution in [0.1, 0.15) is 13.8 Å². The van der Waals surface area contributed by atoms with Crippen molar-refractivity contribution >= 4 is 6.09 Å². The van der Waals surface area contributed by atoms with Gasteiger partial charge in [0.25, 0.3) is 0 Å². The molecule has 5 nitrogen and oxygen atoms in total. The van der Waals surface area contributed by atoms with E-state index < -0.39 is 6.09 Å². The highest BCUT2D eigenvalue weighted by atomic mass is 16.6. The standard InChI is InChI=1S/C8H17NO4/c1-7(2)9(3-4-10)8(12)13-6-5-11/h7,10-11H,3-6H2,1-2H3. The van der Waals surface area contributed by atoms with Gasteiger partial charge in [0, 0.05) is 12.6 Å². The summed E-state index contributed by atoms with van der Waals surface area (Å²) in [5.74, 6) is 0. The van der Waals surface area contributed by atoms with E-state index in [-0.39, 0.29) is 32.4 Å². The molecule has 0 saturated carbocycles. The van der Waals surface area contributed by atoms with Crippen LogP contribution in [0.5, 0.6) is 0 Å². The van der Waals surface area contributed by atoms with E-state index in [1.165, 1.54) is 4.90 Å². The molecule has 5 heteroatoms. The number of amides is 1. The lowest BCUT2D eigenvalue weighted by Gasteiger charge is -2.24. The predicted molar refractivity (Wildman–Crippen MR) is 47.4 cm³/mol. The summed E-state index contributed by atoms with van der Waals surface area (Å²) in [4.78, 5) is 12.6. The Kier molecular flexibility index (Phi) is 6.26. The lowest BCUT2D eigenvalue weighted by atomic mass is 10.3. The monoisotopic (exact) mass is 191 g/mol. The highest BCUT2D eigenvalue weighted by molar-refractivity contribution is 5.67. The maximum absolute atomic E-state index is 11.2. The van der Waals surface area contributed by atoms with E-state index in [2.05, 4.69) is 0 Å². The number of aliphatic hydroxyl groups is 2. The van der Waals surface area contributed by atoms with Crippen molar-refractivity contribution in [2.75, 3.05) is 26.4 Å². The van der Waals surface area contributed by atoms with Crippen LogP contribution < -0.4 is 0 Å². The van der Waals surface area contributed by atoms with Crippen molar-refractivity contribution < 1.29 is 19.7 Å². The Morgan fingerprint density at radius 3 is 2.38 bits per heavy atom. The summed E-state index contributed by atoms with van der Waals surface area (Å²) in [5, 5.41) is 17.1.